The lowest BCUT2D eigenvalue weighted by Gasteiger charge is -2.23. The van der Waals surface area contributed by atoms with Crippen LogP contribution in [0.15, 0.2) is 12.7 Å². The number of rotatable bonds is 4. The van der Waals surface area contributed by atoms with Gasteiger partial charge in [0.15, 0.2) is 0 Å². The second-order valence-electron chi connectivity index (χ2n) is 4.82. The van der Waals surface area contributed by atoms with E-state index in [0.717, 1.165) is 19.4 Å². The number of halogens is 1. The molecule has 1 fully saturated rings. The largest absolute Gasteiger partial charge is 0.373 e. The molecule has 0 radical (unpaired) electrons. The van der Waals surface area contributed by atoms with Crippen molar-refractivity contribution in [3.05, 3.63) is 17.9 Å². The summed E-state index contributed by atoms with van der Waals surface area (Å²) in [6.07, 6.45) is 4.98. The van der Waals surface area contributed by atoms with E-state index < -0.39 is 0 Å². The lowest BCUT2D eigenvalue weighted by atomic mass is 10.0. The summed E-state index contributed by atoms with van der Waals surface area (Å²) in [5.41, 5.74) is -0.188. The minimum Gasteiger partial charge on any atom is -0.373 e. The van der Waals surface area contributed by atoms with Gasteiger partial charge in [0.1, 0.15) is 12.7 Å². The summed E-state index contributed by atoms with van der Waals surface area (Å²) in [5.74, 6) is 0.717. The van der Waals surface area contributed by atoms with Crippen molar-refractivity contribution in [2.24, 2.45) is 0 Å². The van der Waals surface area contributed by atoms with E-state index in [9.17, 15) is 0 Å². The molecule has 0 aliphatic carbocycles. The molecule has 106 valence electrons. The van der Waals surface area contributed by atoms with Crippen LogP contribution in [0.5, 0.6) is 0 Å². The Balaban J connectivity index is 1.76. The van der Waals surface area contributed by atoms with Gasteiger partial charge < -0.3 is 10.1 Å². The molecule has 2 aromatic heterocycles. The molecule has 0 spiro atoms. The summed E-state index contributed by atoms with van der Waals surface area (Å²) in [6, 6.07) is 0. The fraction of sp³-hybridized carbons (Fsp3) is 0.545. The summed E-state index contributed by atoms with van der Waals surface area (Å²) in [5, 5.41) is 7.20. The van der Waals surface area contributed by atoms with Gasteiger partial charge in [-0.15, -0.1) is 0 Å². The molecule has 0 saturated carbocycles. The maximum absolute atomic E-state index is 5.90. The maximum atomic E-state index is 5.90. The Morgan fingerprint density at radius 3 is 3.05 bits per heavy atom. The van der Waals surface area contributed by atoms with Crippen molar-refractivity contribution in [3.8, 4) is 5.95 Å². The van der Waals surface area contributed by atoms with Crippen molar-refractivity contribution in [1.82, 2.24) is 29.7 Å². The molecule has 1 aliphatic rings. The van der Waals surface area contributed by atoms with E-state index in [-0.39, 0.29) is 10.9 Å². The molecular formula is C11H14ClN7O. The summed E-state index contributed by atoms with van der Waals surface area (Å²) >= 11 is 5.90. The van der Waals surface area contributed by atoms with Crippen LogP contribution in [0, 0.1) is 0 Å². The van der Waals surface area contributed by atoms with Crippen LogP contribution in [0.2, 0.25) is 5.28 Å². The van der Waals surface area contributed by atoms with Gasteiger partial charge in [-0.1, -0.05) is 0 Å². The molecule has 9 heteroatoms. The van der Waals surface area contributed by atoms with Crippen LogP contribution >= 0.6 is 11.6 Å². The molecular weight excluding hydrogens is 282 g/mol. The second-order valence-corrected chi connectivity index (χ2v) is 5.16. The summed E-state index contributed by atoms with van der Waals surface area (Å²) in [6.45, 7) is 3.47. The summed E-state index contributed by atoms with van der Waals surface area (Å²) in [4.78, 5) is 16.2. The van der Waals surface area contributed by atoms with Crippen LogP contribution < -0.4 is 5.32 Å². The standard InChI is InChI=1S/C11H14ClN7O/c1-11(3-2-4-20-11)5-14-9-16-8(12)17-10(18-9)19-7-13-6-15-19/h6-7H,2-5H2,1H3,(H,14,16,17,18). The first-order chi connectivity index (χ1) is 9.65. The highest BCUT2D eigenvalue weighted by Gasteiger charge is 2.29. The second kappa shape index (κ2) is 5.29. The molecule has 0 aromatic carbocycles. The molecule has 1 saturated heterocycles. The number of nitrogens with zero attached hydrogens (tertiary/aromatic N) is 6. The van der Waals surface area contributed by atoms with Crippen LogP contribution in [0.4, 0.5) is 5.95 Å². The minimum absolute atomic E-state index is 0.102. The molecule has 1 aliphatic heterocycles. The van der Waals surface area contributed by atoms with Crippen LogP contribution in [0.3, 0.4) is 0 Å². The Kier molecular flexibility index (Phi) is 3.49. The third-order valence-corrected chi connectivity index (χ3v) is 3.31. The first-order valence-electron chi connectivity index (χ1n) is 6.29. The predicted octanol–water partition coefficient (Wildman–Crippen LogP) is 1.09. The Labute approximate surface area is 120 Å². The Bertz CT molecular complexity index is 582. The highest BCUT2D eigenvalue weighted by Crippen LogP contribution is 2.25. The summed E-state index contributed by atoms with van der Waals surface area (Å²) in [7, 11) is 0. The van der Waals surface area contributed by atoms with Crippen LogP contribution in [0.1, 0.15) is 19.8 Å². The Hall–Kier alpha value is -1.80. The monoisotopic (exact) mass is 295 g/mol. The molecule has 1 unspecified atom stereocenters. The fourth-order valence-electron chi connectivity index (χ4n) is 2.07. The van der Waals surface area contributed by atoms with Crippen molar-refractivity contribution in [1.29, 1.82) is 0 Å². The average molecular weight is 296 g/mol. The number of nitrogens with one attached hydrogen (secondary N) is 1. The molecule has 2 aromatic rings. The van der Waals surface area contributed by atoms with Gasteiger partial charge in [-0.3, -0.25) is 0 Å². The first kappa shape index (κ1) is 13.2. The molecule has 0 bridgehead atoms. The number of ether oxygens (including phenoxy) is 1. The van der Waals surface area contributed by atoms with E-state index in [2.05, 4.69) is 37.3 Å². The Morgan fingerprint density at radius 2 is 2.35 bits per heavy atom. The normalized spacial score (nSPS) is 22.1. The van der Waals surface area contributed by atoms with Crippen molar-refractivity contribution in [2.75, 3.05) is 18.5 Å². The van der Waals surface area contributed by atoms with E-state index in [1.54, 1.807) is 0 Å². The maximum Gasteiger partial charge on any atom is 0.258 e. The van der Waals surface area contributed by atoms with Gasteiger partial charge in [0.25, 0.3) is 5.95 Å². The van der Waals surface area contributed by atoms with Gasteiger partial charge in [-0.2, -0.15) is 24.7 Å². The van der Waals surface area contributed by atoms with Gasteiger partial charge in [-0.05, 0) is 31.4 Å². The van der Waals surface area contributed by atoms with Gasteiger partial charge in [0, 0.05) is 13.2 Å². The predicted molar refractivity (Wildman–Crippen MR) is 71.8 cm³/mol. The van der Waals surface area contributed by atoms with Crippen molar-refractivity contribution in [3.63, 3.8) is 0 Å². The zero-order valence-corrected chi connectivity index (χ0v) is 11.7. The van der Waals surface area contributed by atoms with E-state index in [1.165, 1.54) is 17.3 Å². The Morgan fingerprint density at radius 1 is 1.45 bits per heavy atom. The quantitative estimate of drug-likeness (QED) is 0.902. The lowest BCUT2D eigenvalue weighted by Crippen LogP contribution is -2.33. The molecule has 1 N–H and O–H groups in total. The van der Waals surface area contributed by atoms with Gasteiger partial charge >= 0.3 is 0 Å². The van der Waals surface area contributed by atoms with E-state index >= 15 is 0 Å². The zero-order valence-electron chi connectivity index (χ0n) is 11.0. The van der Waals surface area contributed by atoms with E-state index in [0.29, 0.717) is 18.4 Å². The van der Waals surface area contributed by atoms with Gasteiger partial charge in [-0.25, -0.2) is 4.98 Å². The smallest absolute Gasteiger partial charge is 0.258 e. The third kappa shape index (κ3) is 2.86. The van der Waals surface area contributed by atoms with E-state index in [1.807, 2.05) is 0 Å². The fourth-order valence-corrected chi connectivity index (χ4v) is 2.23. The van der Waals surface area contributed by atoms with Gasteiger partial charge in [0.05, 0.1) is 5.60 Å². The third-order valence-electron chi connectivity index (χ3n) is 3.14. The van der Waals surface area contributed by atoms with Crippen LogP contribution in [-0.4, -0.2) is 48.5 Å². The highest BCUT2D eigenvalue weighted by atomic mass is 35.5. The molecule has 3 heterocycles. The molecule has 0 amide bonds. The molecule has 8 nitrogen and oxygen atoms in total. The number of anilines is 1. The van der Waals surface area contributed by atoms with Gasteiger partial charge in [0.2, 0.25) is 11.2 Å². The lowest BCUT2D eigenvalue weighted by molar-refractivity contribution is 0.0314. The van der Waals surface area contributed by atoms with Crippen LogP contribution in [-0.2, 0) is 4.74 Å². The highest BCUT2D eigenvalue weighted by molar-refractivity contribution is 6.28. The number of hydrogen-bond acceptors (Lipinski definition) is 7. The minimum atomic E-state index is -0.188. The zero-order chi connectivity index (χ0) is 14.0. The van der Waals surface area contributed by atoms with Crippen molar-refractivity contribution >= 4 is 17.5 Å². The van der Waals surface area contributed by atoms with Crippen molar-refractivity contribution < 1.29 is 4.74 Å². The van der Waals surface area contributed by atoms with Crippen LogP contribution in [0.25, 0.3) is 5.95 Å². The summed E-state index contributed by atoms with van der Waals surface area (Å²) < 4.78 is 7.12. The molecule has 3 rings (SSSR count). The topological polar surface area (TPSA) is 90.6 Å². The van der Waals surface area contributed by atoms with Crippen molar-refractivity contribution in [2.45, 2.75) is 25.4 Å². The number of hydrogen-bond donors (Lipinski definition) is 1. The average Bonchev–Trinajstić information content (AvgIpc) is 3.08. The number of aromatic nitrogens is 6. The van der Waals surface area contributed by atoms with E-state index in [4.69, 9.17) is 16.3 Å². The first-order valence-corrected chi connectivity index (χ1v) is 6.67. The SMILES string of the molecule is CC1(CNc2nc(Cl)nc(-n3cncn3)n2)CCCO1. The molecule has 20 heavy (non-hydrogen) atoms. The molecule has 1 atom stereocenters.